The molecule has 0 saturated carbocycles. The first-order chi connectivity index (χ1) is 7.70. The molecule has 0 saturated heterocycles. The zero-order valence-electron chi connectivity index (χ0n) is 8.77. The van der Waals surface area contributed by atoms with Crippen molar-refractivity contribution in [3.05, 3.63) is 57.8 Å². The lowest BCUT2D eigenvalue weighted by molar-refractivity contribution is 0.0991. The van der Waals surface area contributed by atoms with E-state index in [4.69, 9.17) is 0 Å². The first-order valence-electron chi connectivity index (χ1n) is 4.87. The molecule has 0 unspecified atom stereocenters. The number of Topliss-reactive ketones (excluding diaryl/α,β-unsaturated/α-hetero) is 1. The number of carbonyl (C=O) groups is 2. The summed E-state index contributed by atoms with van der Waals surface area (Å²) >= 11 is 1.38. The molecule has 2 nitrogen and oxygen atoms in total. The number of carbonyl (C=O) groups excluding carboxylic acids is 2. The van der Waals surface area contributed by atoms with Crippen LogP contribution in [0.4, 0.5) is 0 Å². The number of rotatable bonds is 3. The lowest BCUT2D eigenvalue weighted by atomic mass is 10.0. The van der Waals surface area contributed by atoms with E-state index in [1.807, 2.05) is 18.2 Å². The third-order valence-electron chi connectivity index (χ3n) is 2.32. The molecule has 0 spiro atoms. The summed E-state index contributed by atoms with van der Waals surface area (Å²) in [6, 6.07) is 8.99. The first-order valence-corrected chi connectivity index (χ1v) is 5.81. The van der Waals surface area contributed by atoms with Crippen LogP contribution in [0.5, 0.6) is 0 Å². The summed E-state index contributed by atoms with van der Waals surface area (Å²) in [7, 11) is 0. The van der Waals surface area contributed by atoms with Crippen LogP contribution in [0.25, 0.3) is 0 Å². The molecule has 0 radical (unpaired) electrons. The smallest absolute Gasteiger partial charge is 0.194 e. The Labute approximate surface area is 97.5 Å². The van der Waals surface area contributed by atoms with E-state index in [0.29, 0.717) is 16.7 Å². The highest BCUT2D eigenvalue weighted by molar-refractivity contribution is 7.08. The van der Waals surface area contributed by atoms with E-state index in [0.717, 1.165) is 0 Å². The maximum absolute atomic E-state index is 12.1. The molecular formula is C13H10O2S. The number of hydrogen-bond donors (Lipinski definition) is 0. The maximum Gasteiger partial charge on any atom is 0.194 e. The van der Waals surface area contributed by atoms with Gasteiger partial charge in [0.15, 0.2) is 11.6 Å². The van der Waals surface area contributed by atoms with Crippen LogP contribution in [0.2, 0.25) is 0 Å². The fraction of sp³-hybridized carbons (Fsp3) is 0.0769. The van der Waals surface area contributed by atoms with E-state index in [-0.39, 0.29) is 11.6 Å². The summed E-state index contributed by atoms with van der Waals surface area (Å²) in [4.78, 5) is 23.4. The minimum atomic E-state index is -0.0907. The van der Waals surface area contributed by atoms with E-state index >= 15 is 0 Å². The summed E-state index contributed by atoms with van der Waals surface area (Å²) in [6.45, 7) is 1.48. The van der Waals surface area contributed by atoms with Crippen molar-refractivity contribution in [2.24, 2.45) is 0 Å². The summed E-state index contributed by atoms with van der Waals surface area (Å²) in [5.74, 6) is -0.160. The van der Waals surface area contributed by atoms with Crippen LogP contribution in [0.1, 0.15) is 33.2 Å². The Hall–Kier alpha value is -1.74. The zero-order valence-corrected chi connectivity index (χ0v) is 9.58. The highest BCUT2D eigenvalue weighted by atomic mass is 32.1. The number of thiophene rings is 1. The predicted molar refractivity (Wildman–Crippen MR) is 64.2 cm³/mol. The minimum absolute atomic E-state index is 0.0690. The largest absolute Gasteiger partial charge is 0.294 e. The van der Waals surface area contributed by atoms with Gasteiger partial charge in [-0.3, -0.25) is 9.59 Å². The Bertz CT molecular complexity index is 526. The van der Waals surface area contributed by atoms with Gasteiger partial charge >= 0.3 is 0 Å². The molecule has 3 heteroatoms. The molecule has 0 aliphatic rings. The maximum atomic E-state index is 12.1. The first kappa shape index (κ1) is 10.8. The molecule has 0 aliphatic carbocycles. The average molecular weight is 230 g/mol. The second kappa shape index (κ2) is 4.41. The molecule has 0 amide bonds. The van der Waals surface area contributed by atoms with Crippen LogP contribution in [-0.4, -0.2) is 11.6 Å². The standard InChI is InChI=1S/C13H10O2S/c1-9(14)11-7-16-8-12(11)13(15)10-5-3-2-4-6-10/h2-8H,1H3. The van der Waals surface area contributed by atoms with Crippen molar-refractivity contribution in [1.82, 2.24) is 0 Å². The molecule has 0 N–H and O–H groups in total. The van der Waals surface area contributed by atoms with Crippen molar-refractivity contribution in [1.29, 1.82) is 0 Å². The Morgan fingerprint density at radius 1 is 1.00 bits per heavy atom. The highest BCUT2D eigenvalue weighted by Gasteiger charge is 2.16. The van der Waals surface area contributed by atoms with Gasteiger partial charge in [-0.05, 0) is 6.92 Å². The molecule has 0 fully saturated rings. The van der Waals surface area contributed by atoms with Crippen LogP contribution < -0.4 is 0 Å². The second-order valence-electron chi connectivity index (χ2n) is 3.45. The monoisotopic (exact) mass is 230 g/mol. The molecule has 1 aromatic carbocycles. The van der Waals surface area contributed by atoms with Gasteiger partial charge in [0.1, 0.15) is 0 Å². The fourth-order valence-electron chi connectivity index (χ4n) is 1.49. The molecule has 80 valence electrons. The molecule has 2 aromatic rings. The molecule has 1 heterocycles. The van der Waals surface area contributed by atoms with Crippen LogP contribution in [0.3, 0.4) is 0 Å². The SMILES string of the molecule is CC(=O)c1cscc1C(=O)c1ccccc1. The van der Waals surface area contributed by atoms with Crippen molar-refractivity contribution >= 4 is 22.9 Å². The van der Waals surface area contributed by atoms with Crippen LogP contribution in [0, 0.1) is 0 Å². The number of ketones is 2. The van der Waals surface area contributed by atoms with Gasteiger partial charge in [-0.1, -0.05) is 30.3 Å². The molecule has 0 atom stereocenters. The zero-order chi connectivity index (χ0) is 11.5. The van der Waals surface area contributed by atoms with E-state index < -0.39 is 0 Å². The summed E-state index contributed by atoms with van der Waals surface area (Å²) in [5, 5.41) is 3.45. The lowest BCUT2D eigenvalue weighted by Gasteiger charge is -2.00. The molecule has 0 aliphatic heterocycles. The van der Waals surface area contributed by atoms with Crippen molar-refractivity contribution in [2.45, 2.75) is 6.92 Å². The predicted octanol–water partition coefficient (Wildman–Crippen LogP) is 3.18. The summed E-state index contributed by atoms with van der Waals surface area (Å²) < 4.78 is 0. The molecule has 16 heavy (non-hydrogen) atoms. The molecule has 0 bridgehead atoms. The second-order valence-corrected chi connectivity index (χ2v) is 4.19. The third-order valence-corrected chi connectivity index (χ3v) is 3.07. The van der Waals surface area contributed by atoms with Crippen LogP contribution in [-0.2, 0) is 0 Å². The van der Waals surface area contributed by atoms with Crippen molar-refractivity contribution < 1.29 is 9.59 Å². The van der Waals surface area contributed by atoms with Gasteiger partial charge in [0.25, 0.3) is 0 Å². The van der Waals surface area contributed by atoms with Crippen molar-refractivity contribution in [2.75, 3.05) is 0 Å². The van der Waals surface area contributed by atoms with Gasteiger partial charge in [0, 0.05) is 27.5 Å². The topological polar surface area (TPSA) is 34.1 Å². The Morgan fingerprint density at radius 2 is 1.62 bits per heavy atom. The van der Waals surface area contributed by atoms with Gasteiger partial charge in [0.05, 0.1) is 0 Å². The molecule has 1 aromatic heterocycles. The average Bonchev–Trinajstić information content (AvgIpc) is 2.78. The lowest BCUT2D eigenvalue weighted by Crippen LogP contribution is -2.05. The third kappa shape index (κ3) is 1.95. The minimum Gasteiger partial charge on any atom is -0.294 e. The normalized spacial score (nSPS) is 10.1. The van der Waals surface area contributed by atoms with Gasteiger partial charge in [0.2, 0.25) is 0 Å². The van der Waals surface area contributed by atoms with Crippen LogP contribution >= 0.6 is 11.3 Å². The quantitative estimate of drug-likeness (QED) is 0.759. The fourth-order valence-corrected chi connectivity index (χ4v) is 2.36. The molecule has 2 rings (SSSR count). The van der Waals surface area contributed by atoms with Gasteiger partial charge in [-0.15, -0.1) is 0 Å². The van der Waals surface area contributed by atoms with Gasteiger partial charge < -0.3 is 0 Å². The van der Waals surface area contributed by atoms with Crippen LogP contribution in [0.15, 0.2) is 41.1 Å². The Balaban J connectivity index is 2.42. The van der Waals surface area contributed by atoms with E-state index in [1.54, 1.807) is 22.9 Å². The van der Waals surface area contributed by atoms with E-state index in [2.05, 4.69) is 0 Å². The van der Waals surface area contributed by atoms with Gasteiger partial charge in [-0.2, -0.15) is 11.3 Å². The Kier molecular flexibility index (Phi) is 2.97. The Morgan fingerprint density at radius 3 is 2.25 bits per heavy atom. The number of hydrogen-bond acceptors (Lipinski definition) is 3. The van der Waals surface area contributed by atoms with Crippen molar-refractivity contribution in [3.8, 4) is 0 Å². The van der Waals surface area contributed by atoms with Crippen molar-refractivity contribution in [3.63, 3.8) is 0 Å². The highest BCUT2D eigenvalue weighted by Crippen LogP contribution is 2.19. The van der Waals surface area contributed by atoms with Gasteiger partial charge in [-0.25, -0.2) is 0 Å². The summed E-state index contributed by atoms with van der Waals surface area (Å²) in [5.41, 5.74) is 1.63. The number of benzene rings is 1. The van der Waals surface area contributed by atoms with E-state index in [9.17, 15) is 9.59 Å². The molecular weight excluding hydrogens is 220 g/mol. The van der Waals surface area contributed by atoms with E-state index in [1.165, 1.54) is 18.3 Å². The summed E-state index contributed by atoms with van der Waals surface area (Å²) in [6.07, 6.45) is 0.